The van der Waals surface area contributed by atoms with E-state index in [9.17, 15) is 9.59 Å². The van der Waals surface area contributed by atoms with Crippen molar-refractivity contribution in [2.45, 2.75) is 39.5 Å². The zero-order valence-corrected chi connectivity index (χ0v) is 13.3. The summed E-state index contributed by atoms with van der Waals surface area (Å²) in [6.45, 7) is 6.21. The summed E-state index contributed by atoms with van der Waals surface area (Å²) in [5.41, 5.74) is 0.616. The van der Waals surface area contributed by atoms with Gasteiger partial charge in [0.15, 0.2) is 5.89 Å². The van der Waals surface area contributed by atoms with Crippen molar-refractivity contribution >= 4 is 11.8 Å². The fraction of sp³-hybridized carbons (Fsp3) is 0.688. The monoisotopic (exact) mass is 305 g/mol. The Morgan fingerprint density at radius 3 is 2.23 bits per heavy atom. The molecule has 0 aromatic carbocycles. The van der Waals surface area contributed by atoms with E-state index in [0.29, 0.717) is 30.4 Å². The smallest absolute Gasteiger partial charge is 0.291 e. The number of aromatic nitrogens is 1. The Hall–Kier alpha value is -1.85. The van der Waals surface area contributed by atoms with Gasteiger partial charge in [-0.2, -0.15) is 0 Å². The molecule has 0 unspecified atom stereocenters. The zero-order valence-electron chi connectivity index (χ0n) is 13.3. The summed E-state index contributed by atoms with van der Waals surface area (Å²) in [5, 5.41) is 0. The van der Waals surface area contributed by atoms with Crippen LogP contribution in [0.3, 0.4) is 0 Å². The second-order valence-corrected chi connectivity index (χ2v) is 6.29. The van der Waals surface area contributed by atoms with Gasteiger partial charge in [-0.15, -0.1) is 0 Å². The summed E-state index contributed by atoms with van der Waals surface area (Å²) < 4.78 is 5.36. The largest absolute Gasteiger partial charge is 0.436 e. The van der Waals surface area contributed by atoms with Gasteiger partial charge in [0.2, 0.25) is 11.7 Å². The van der Waals surface area contributed by atoms with E-state index in [0.717, 1.165) is 25.9 Å². The SMILES string of the molecule is Cc1nc(C)c(C(=O)N2CC(C(=O)N3CCCCCC3)C2)o1. The third kappa shape index (κ3) is 2.87. The molecule has 2 fully saturated rings. The van der Waals surface area contributed by atoms with Crippen LogP contribution in [0.15, 0.2) is 4.42 Å². The number of nitrogens with zero attached hydrogens (tertiary/aromatic N) is 3. The summed E-state index contributed by atoms with van der Waals surface area (Å²) in [5.74, 6) is 0.803. The second-order valence-electron chi connectivity index (χ2n) is 6.29. The number of hydrogen-bond acceptors (Lipinski definition) is 4. The molecular formula is C16H23N3O3. The van der Waals surface area contributed by atoms with E-state index in [2.05, 4.69) is 4.98 Å². The molecule has 1 aromatic heterocycles. The molecule has 2 aliphatic heterocycles. The minimum atomic E-state index is -0.155. The highest BCUT2D eigenvalue weighted by Crippen LogP contribution is 2.23. The fourth-order valence-electron chi connectivity index (χ4n) is 3.22. The maximum absolute atomic E-state index is 12.5. The highest BCUT2D eigenvalue weighted by Gasteiger charge is 2.39. The second kappa shape index (κ2) is 6.10. The molecule has 1 aromatic rings. The van der Waals surface area contributed by atoms with E-state index >= 15 is 0 Å². The predicted octanol–water partition coefficient (Wildman–Crippen LogP) is 1.77. The maximum atomic E-state index is 12.5. The van der Waals surface area contributed by atoms with Crippen molar-refractivity contribution in [1.82, 2.24) is 14.8 Å². The van der Waals surface area contributed by atoms with Crippen LogP contribution < -0.4 is 0 Å². The lowest BCUT2D eigenvalue weighted by Crippen LogP contribution is -2.56. The normalized spacial score (nSPS) is 19.7. The number of aryl methyl sites for hydroxylation is 2. The first-order chi connectivity index (χ1) is 10.6. The topological polar surface area (TPSA) is 66.7 Å². The minimum Gasteiger partial charge on any atom is -0.436 e. The number of rotatable bonds is 2. The Balaban J connectivity index is 1.56. The van der Waals surface area contributed by atoms with Crippen LogP contribution in [0.4, 0.5) is 0 Å². The molecule has 6 nitrogen and oxygen atoms in total. The number of amides is 2. The highest BCUT2D eigenvalue weighted by molar-refractivity contribution is 5.94. The minimum absolute atomic E-state index is 0.0497. The van der Waals surface area contributed by atoms with Gasteiger partial charge in [0.25, 0.3) is 5.91 Å². The molecule has 120 valence electrons. The summed E-state index contributed by atoms with van der Waals surface area (Å²) in [4.78, 5) is 32.6. The third-order valence-electron chi connectivity index (χ3n) is 4.53. The molecule has 2 amide bonds. The number of oxazole rings is 1. The van der Waals surface area contributed by atoms with Gasteiger partial charge >= 0.3 is 0 Å². The average Bonchev–Trinajstić information content (AvgIpc) is 2.66. The van der Waals surface area contributed by atoms with Crippen molar-refractivity contribution in [2.75, 3.05) is 26.2 Å². The maximum Gasteiger partial charge on any atom is 0.291 e. The average molecular weight is 305 g/mol. The van der Waals surface area contributed by atoms with Crippen molar-refractivity contribution in [3.05, 3.63) is 17.3 Å². The van der Waals surface area contributed by atoms with E-state index < -0.39 is 0 Å². The van der Waals surface area contributed by atoms with Crippen LogP contribution in [0, 0.1) is 19.8 Å². The van der Waals surface area contributed by atoms with Crippen LogP contribution in [0.5, 0.6) is 0 Å². The van der Waals surface area contributed by atoms with Crippen LogP contribution in [0.25, 0.3) is 0 Å². The first-order valence-electron chi connectivity index (χ1n) is 8.08. The van der Waals surface area contributed by atoms with Gasteiger partial charge in [0.1, 0.15) is 0 Å². The van der Waals surface area contributed by atoms with Gasteiger partial charge in [0, 0.05) is 33.1 Å². The van der Waals surface area contributed by atoms with Crippen molar-refractivity contribution in [3.8, 4) is 0 Å². The molecule has 0 atom stereocenters. The molecule has 0 radical (unpaired) electrons. The molecule has 3 heterocycles. The van der Waals surface area contributed by atoms with Gasteiger partial charge in [-0.05, 0) is 19.8 Å². The molecule has 2 saturated heterocycles. The molecule has 0 aliphatic carbocycles. The van der Waals surface area contributed by atoms with Crippen molar-refractivity contribution in [2.24, 2.45) is 5.92 Å². The number of hydrogen-bond donors (Lipinski definition) is 0. The third-order valence-corrected chi connectivity index (χ3v) is 4.53. The molecule has 0 spiro atoms. The first kappa shape index (κ1) is 15.1. The summed E-state index contributed by atoms with van der Waals surface area (Å²) in [6.07, 6.45) is 4.61. The summed E-state index contributed by atoms with van der Waals surface area (Å²) in [7, 11) is 0. The standard InChI is InChI=1S/C16H23N3O3/c1-11-14(22-12(2)17-11)16(21)19-9-13(10-19)15(20)18-7-5-3-4-6-8-18/h13H,3-10H2,1-2H3. The van der Waals surface area contributed by atoms with Crippen molar-refractivity contribution in [1.29, 1.82) is 0 Å². The molecular weight excluding hydrogens is 282 g/mol. The van der Waals surface area contributed by atoms with Crippen molar-refractivity contribution in [3.63, 3.8) is 0 Å². The summed E-state index contributed by atoms with van der Waals surface area (Å²) >= 11 is 0. The number of carbonyl (C=O) groups excluding carboxylic acids is 2. The van der Waals surface area contributed by atoms with Crippen LogP contribution in [0.2, 0.25) is 0 Å². The van der Waals surface area contributed by atoms with E-state index in [1.54, 1.807) is 18.7 Å². The Morgan fingerprint density at radius 2 is 1.68 bits per heavy atom. The van der Waals surface area contributed by atoms with E-state index in [-0.39, 0.29) is 17.7 Å². The van der Waals surface area contributed by atoms with E-state index in [1.807, 2.05) is 4.90 Å². The Bertz CT molecular complexity index is 567. The molecule has 0 bridgehead atoms. The quantitative estimate of drug-likeness (QED) is 0.835. The molecule has 2 aliphatic rings. The molecule has 6 heteroatoms. The van der Waals surface area contributed by atoms with Gasteiger partial charge in [0.05, 0.1) is 11.6 Å². The Labute approximate surface area is 130 Å². The van der Waals surface area contributed by atoms with Crippen LogP contribution >= 0.6 is 0 Å². The lowest BCUT2D eigenvalue weighted by molar-refractivity contribution is -0.139. The van der Waals surface area contributed by atoms with Crippen molar-refractivity contribution < 1.29 is 14.0 Å². The van der Waals surface area contributed by atoms with Gasteiger partial charge in [-0.3, -0.25) is 9.59 Å². The Kier molecular flexibility index (Phi) is 4.18. The zero-order chi connectivity index (χ0) is 15.7. The highest BCUT2D eigenvalue weighted by atomic mass is 16.4. The van der Waals surface area contributed by atoms with E-state index in [1.165, 1.54) is 12.8 Å². The van der Waals surface area contributed by atoms with Crippen LogP contribution in [0.1, 0.15) is 47.8 Å². The van der Waals surface area contributed by atoms with E-state index in [4.69, 9.17) is 4.42 Å². The lowest BCUT2D eigenvalue weighted by Gasteiger charge is -2.40. The molecule has 3 rings (SSSR count). The van der Waals surface area contributed by atoms with Crippen LogP contribution in [-0.2, 0) is 4.79 Å². The lowest BCUT2D eigenvalue weighted by atomic mass is 9.97. The molecule has 0 N–H and O–H groups in total. The summed E-state index contributed by atoms with van der Waals surface area (Å²) in [6, 6.07) is 0. The predicted molar refractivity (Wildman–Crippen MR) is 80.4 cm³/mol. The molecule has 22 heavy (non-hydrogen) atoms. The first-order valence-corrected chi connectivity index (χ1v) is 8.08. The van der Waals surface area contributed by atoms with Gasteiger partial charge < -0.3 is 14.2 Å². The van der Waals surface area contributed by atoms with Gasteiger partial charge in [-0.1, -0.05) is 12.8 Å². The number of likely N-dealkylation sites (tertiary alicyclic amines) is 2. The van der Waals surface area contributed by atoms with Gasteiger partial charge in [-0.25, -0.2) is 4.98 Å². The van der Waals surface area contributed by atoms with Crippen LogP contribution in [-0.4, -0.2) is 52.8 Å². The molecule has 0 saturated carbocycles. The Morgan fingerprint density at radius 1 is 1.05 bits per heavy atom. The fourth-order valence-corrected chi connectivity index (χ4v) is 3.22. The number of carbonyl (C=O) groups is 2.